The van der Waals surface area contributed by atoms with Crippen LogP contribution in [0, 0.1) is 0 Å². The Morgan fingerprint density at radius 2 is 0.521 bits per heavy atom. The Balaban J connectivity index is -0.000000279. The molecule has 9 heteroatoms. The fourth-order valence-corrected chi connectivity index (χ4v) is 4.82. The smallest absolute Gasteiger partial charge is 0.303 e. The third-order valence-corrected chi connectivity index (χ3v) is 7.90. The van der Waals surface area contributed by atoms with Gasteiger partial charge in [-0.15, -0.1) is 0 Å². The molecule has 6 N–H and O–H groups in total. The van der Waals surface area contributed by atoms with Crippen molar-refractivity contribution >= 4 is 17.9 Å². The lowest BCUT2D eigenvalue weighted by Gasteiger charge is -2.00. The van der Waals surface area contributed by atoms with Crippen molar-refractivity contribution in [1.29, 1.82) is 0 Å². The first-order valence-corrected chi connectivity index (χ1v) is 19.7. The van der Waals surface area contributed by atoms with E-state index >= 15 is 0 Å². The van der Waals surface area contributed by atoms with Crippen LogP contribution in [0.25, 0.3) is 0 Å². The summed E-state index contributed by atoms with van der Waals surface area (Å²) in [6.07, 6.45) is 33.5. The topological polar surface area (TPSA) is 173 Å². The average molecular weight is 693 g/mol. The Bertz CT molecular complexity index is 548. The maximum atomic E-state index is 10.2. The molecule has 0 aromatic heterocycles. The number of hydrogen-bond donors (Lipinski definition) is 6. The fourth-order valence-electron chi connectivity index (χ4n) is 4.82. The summed E-state index contributed by atoms with van der Waals surface area (Å²) >= 11 is 0. The quantitative estimate of drug-likeness (QED) is 0.0375. The van der Waals surface area contributed by atoms with Crippen molar-refractivity contribution in [1.82, 2.24) is 0 Å². The van der Waals surface area contributed by atoms with Gasteiger partial charge in [0.1, 0.15) is 6.10 Å². The molecular formula is C39H80O9. The van der Waals surface area contributed by atoms with Crippen LogP contribution in [0.3, 0.4) is 0 Å². The zero-order valence-corrected chi connectivity index (χ0v) is 31.6. The molecule has 0 fully saturated rings. The van der Waals surface area contributed by atoms with Crippen molar-refractivity contribution in [2.24, 2.45) is 0 Å². The molecule has 0 heterocycles. The standard InChI is InChI=1S/3C12H24O2.C3H8O3/c3*1-2-3-4-5-6-7-8-9-10-11-12(13)14;4-1-3(6)2-5/h3*2-11H2,1H3,(H,13,14);3-6H,1-2H2. The average Bonchev–Trinajstić information content (AvgIpc) is 3.06. The van der Waals surface area contributed by atoms with Crippen molar-refractivity contribution in [2.75, 3.05) is 13.2 Å². The molecule has 0 bridgehead atoms. The lowest BCUT2D eigenvalue weighted by Crippen LogP contribution is -2.15. The normalized spacial score (nSPS) is 10.3. The molecule has 0 radical (unpaired) electrons. The number of rotatable bonds is 32. The predicted octanol–water partition coefficient (Wildman–Crippen LogP) is 10.3. The van der Waals surface area contributed by atoms with Crippen LogP contribution in [0.5, 0.6) is 0 Å². The molecule has 0 aromatic carbocycles. The SMILES string of the molecule is CCCCCCCCCCCC(=O)O.CCCCCCCCCCCC(=O)O.CCCCCCCCCCCC(=O)O.OCC(O)CO. The van der Waals surface area contributed by atoms with E-state index in [1.165, 1.54) is 135 Å². The van der Waals surface area contributed by atoms with Gasteiger partial charge >= 0.3 is 17.9 Å². The third-order valence-electron chi connectivity index (χ3n) is 7.90. The van der Waals surface area contributed by atoms with E-state index in [9.17, 15) is 14.4 Å². The summed E-state index contributed by atoms with van der Waals surface area (Å²) in [6.45, 7) is 5.96. The van der Waals surface area contributed by atoms with Crippen LogP contribution in [0.1, 0.15) is 213 Å². The van der Waals surface area contributed by atoms with Gasteiger partial charge in [0.05, 0.1) is 13.2 Å². The predicted molar refractivity (Wildman–Crippen MR) is 199 cm³/mol. The van der Waals surface area contributed by atoms with Gasteiger partial charge < -0.3 is 30.6 Å². The van der Waals surface area contributed by atoms with Crippen molar-refractivity contribution in [3.05, 3.63) is 0 Å². The largest absolute Gasteiger partial charge is 0.481 e. The molecule has 0 saturated carbocycles. The second-order valence-electron chi connectivity index (χ2n) is 12.9. The molecule has 0 aromatic rings. The minimum Gasteiger partial charge on any atom is -0.481 e. The fraction of sp³-hybridized carbons (Fsp3) is 0.923. The van der Waals surface area contributed by atoms with E-state index in [4.69, 9.17) is 30.6 Å². The highest BCUT2D eigenvalue weighted by Crippen LogP contribution is 2.12. The minimum atomic E-state index is -0.954. The van der Waals surface area contributed by atoms with Gasteiger partial charge in [-0.2, -0.15) is 0 Å². The van der Waals surface area contributed by atoms with E-state index in [0.717, 1.165) is 38.5 Å². The first-order valence-electron chi connectivity index (χ1n) is 19.7. The molecule has 0 unspecified atom stereocenters. The number of aliphatic hydroxyl groups excluding tert-OH is 3. The maximum absolute atomic E-state index is 10.2. The Morgan fingerprint density at radius 3 is 0.646 bits per heavy atom. The number of unbranched alkanes of at least 4 members (excludes halogenated alkanes) is 24. The van der Waals surface area contributed by atoms with Crippen LogP contribution >= 0.6 is 0 Å². The molecule has 0 aliphatic rings. The van der Waals surface area contributed by atoms with Gasteiger partial charge in [-0.05, 0) is 19.3 Å². The van der Waals surface area contributed by atoms with E-state index in [0.29, 0.717) is 19.3 Å². The lowest BCUT2D eigenvalue weighted by molar-refractivity contribution is -0.138. The van der Waals surface area contributed by atoms with Crippen molar-refractivity contribution in [2.45, 2.75) is 219 Å². The molecule has 0 amide bonds. The van der Waals surface area contributed by atoms with Gasteiger partial charge in [0.2, 0.25) is 0 Å². The minimum absolute atomic E-state index is 0.343. The number of carbonyl (C=O) groups is 3. The summed E-state index contributed by atoms with van der Waals surface area (Å²) in [5, 5.41) is 49.3. The number of aliphatic hydroxyl groups is 3. The summed E-state index contributed by atoms with van der Waals surface area (Å²) in [7, 11) is 0. The van der Waals surface area contributed by atoms with Crippen LogP contribution < -0.4 is 0 Å². The van der Waals surface area contributed by atoms with E-state index in [2.05, 4.69) is 20.8 Å². The van der Waals surface area contributed by atoms with Crippen LogP contribution in [0.15, 0.2) is 0 Å². The van der Waals surface area contributed by atoms with E-state index < -0.39 is 24.0 Å². The van der Waals surface area contributed by atoms with Gasteiger partial charge in [-0.25, -0.2) is 0 Å². The van der Waals surface area contributed by atoms with Crippen molar-refractivity contribution in [3.8, 4) is 0 Å². The van der Waals surface area contributed by atoms with E-state index in [-0.39, 0.29) is 13.2 Å². The van der Waals surface area contributed by atoms with Gasteiger partial charge in [-0.3, -0.25) is 14.4 Å². The highest BCUT2D eigenvalue weighted by atomic mass is 16.4. The molecule has 0 rings (SSSR count). The van der Waals surface area contributed by atoms with Crippen molar-refractivity contribution < 1.29 is 45.0 Å². The summed E-state index contributed by atoms with van der Waals surface area (Å²) in [5.41, 5.74) is 0. The van der Waals surface area contributed by atoms with E-state index in [1.54, 1.807) is 0 Å². The summed E-state index contributed by atoms with van der Waals surface area (Å²) in [4.78, 5) is 30.6. The number of carboxylic acids is 3. The first-order chi connectivity index (χ1) is 23.1. The molecule has 290 valence electrons. The Labute approximate surface area is 295 Å². The van der Waals surface area contributed by atoms with Gasteiger partial charge in [0.15, 0.2) is 0 Å². The molecule has 0 saturated heterocycles. The van der Waals surface area contributed by atoms with Crippen molar-refractivity contribution in [3.63, 3.8) is 0 Å². The summed E-state index contributed by atoms with van der Waals surface area (Å²) in [6, 6.07) is 0. The monoisotopic (exact) mass is 693 g/mol. The molecule has 0 aliphatic carbocycles. The molecule has 9 nitrogen and oxygen atoms in total. The second kappa shape index (κ2) is 49.7. The third kappa shape index (κ3) is 66.6. The highest BCUT2D eigenvalue weighted by molar-refractivity contribution is 5.67. The zero-order chi connectivity index (χ0) is 36.9. The van der Waals surface area contributed by atoms with Gasteiger partial charge in [0, 0.05) is 19.3 Å². The maximum Gasteiger partial charge on any atom is 0.303 e. The number of carboxylic acid groups (broad SMARTS) is 3. The Kier molecular flexibility index (Phi) is 54.9. The molecule has 0 spiro atoms. The summed E-state index contributed by atoms with van der Waals surface area (Å²) < 4.78 is 0. The molecule has 48 heavy (non-hydrogen) atoms. The Hall–Kier alpha value is -1.71. The highest BCUT2D eigenvalue weighted by Gasteiger charge is 1.98. The van der Waals surface area contributed by atoms with E-state index in [1.807, 2.05) is 0 Å². The number of aliphatic carboxylic acids is 3. The zero-order valence-electron chi connectivity index (χ0n) is 31.6. The Morgan fingerprint density at radius 1 is 0.354 bits per heavy atom. The van der Waals surface area contributed by atoms with Gasteiger partial charge in [0.25, 0.3) is 0 Å². The van der Waals surface area contributed by atoms with Gasteiger partial charge in [-0.1, -0.05) is 175 Å². The molecule has 0 aliphatic heterocycles. The lowest BCUT2D eigenvalue weighted by atomic mass is 10.1. The second-order valence-corrected chi connectivity index (χ2v) is 12.9. The van der Waals surface area contributed by atoms with Crippen LogP contribution in [-0.2, 0) is 14.4 Å². The van der Waals surface area contributed by atoms with Crippen LogP contribution in [0.4, 0.5) is 0 Å². The van der Waals surface area contributed by atoms with Crippen LogP contribution in [-0.4, -0.2) is 67.9 Å². The van der Waals surface area contributed by atoms with Crippen LogP contribution in [0.2, 0.25) is 0 Å². The summed E-state index contributed by atoms with van der Waals surface area (Å²) in [5.74, 6) is -1.98. The number of hydrogen-bond acceptors (Lipinski definition) is 6. The first kappa shape index (κ1) is 53.1. The molecular weight excluding hydrogens is 612 g/mol. The molecule has 0 atom stereocenters.